The lowest BCUT2D eigenvalue weighted by Crippen LogP contribution is -2.43. The smallest absolute Gasteiger partial charge is 0.254 e. The Kier molecular flexibility index (Phi) is 6.23. The van der Waals surface area contributed by atoms with Crippen LogP contribution in [0.4, 0.5) is 0 Å². The standard InChI is InChI=1S/C20H25N3O3S/c1-2-18-9-3-4-12-23(18)20(24)17-8-5-10-19(13-17)27(25,26)22-15-16-7-6-11-21-14-16/h5-8,10-11,13-14,18,22H,2-4,9,12,15H2,1H3. The van der Waals surface area contributed by atoms with Gasteiger partial charge in [0.2, 0.25) is 10.0 Å². The fourth-order valence-corrected chi connectivity index (χ4v) is 4.48. The summed E-state index contributed by atoms with van der Waals surface area (Å²) in [7, 11) is -3.71. The molecular weight excluding hydrogens is 362 g/mol. The molecule has 0 bridgehead atoms. The van der Waals surface area contributed by atoms with Gasteiger partial charge in [0.25, 0.3) is 5.91 Å². The number of aromatic nitrogens is 1. The number of nitrogens with zero attached hydrogens (tertiary/aromatic N) is 2. The molecule has 1 aliphatic rings. The van der Waals surface area contributed by atoms with E-state index in [1.54, 1.807) is 36.7 Å². The number of amides is 1. The number of piperidine rings is 1. The van der Waals surface area contributed by atoms with E-state index in [1.165, 1.54) is 12.1 Å². The quantitative estimate of drug-likeness (QED) is 0.826. The molecule has 1 unspecified atom stereocenters. The molecule has 27 heavy (non-hydrogen) atoms. The lowest BCUT2D eigenvalue weighted by atomic mass is 9.99. The Hall–Kier alpha value is -2.25. The first kappa shape index (κ1) is 19.5. The zero-order valence-electron chi connectivity index (χ0n) is 15.5. The normalized spacial score (nSPS) is 17.7. The van der Waals surface area contributed by atoms with Gasteiger partial charge in [0.05, 0.1) is 4.90 Å². The van der Waals surface area contributed by atoms with Crippen LogP contribution in [0.5, 0.6) is 0 Å². The summed E-state index contributed by atoms with van der Waals surface area (Å²) >= 11 is 0. The maximum absolute atomic E-state index is 12.9. The van der Waals surface area contributed by atoms with E-state index in [2.05, 4.69) is 16.6 Å². The Balaban J connectivity index is 1.77. The third kappa shape index (κ3) is 4.73. The average Bonchev–Trinajstić information content (AvgIpc) is 2.72. The second kappa shape index (κ2) is 8.63. The van der Waals surface area contributed by atoms with E-state index >= 15 is 0 Å². The van der Waals surface area contributed by atoms with E-state index in [-0.39, 0.29) is 23.4 Å². The molecule has 2 heterocycles. The number of hydrogen-bond acceptors (Lipinski definition) is 4. The molecule has 0 radical (unpaired) electrons. The predicted octanol–water partition coefficient (Wildman–Crippen LogP) is 2.96. The van der Waals surface area contributed by atoms with Gasteiger partial charge in [-0.2, -0.15) is 0 Å². The van der Waals surface area contributed by atoms with Gasteiger partial charge in [-0.3, -0.25) is 9.78 Å². The van der Waals surface area contributed by atoms with Crippen molar-refractivity contribution in [3.8, 4) is 0 Å². The second-order valence-corrected chi connectivity index (χ2v) is 8.54. The highest BCUT2D eigenvalue weighted by atomic mass is 32.2. The summed E-state index contributed by atoms with van der Waals surface area (Å²) < 4.78 is 27.8. The molecule has 6 nitrogen and oxygen atoms in total. The SMILES string of the molecule is CCC1CCCCN1C(=O)c1cccc(S(=O)(=O)NCc2cccnc2)c1. The molecule has 1 fully saturated rings. The van der Waals surface area contributed by atoms with Crippen molar-refractivity contribution < 1.29 is 13.2 Å². The predicted molar refractivity (Wildman–Crippen MR) is 104 cm³/mol. The van der Waals surface area contributed by atoms with Crippen LogP contribution < -0.4 is 4.72 Å². The number of nitrogens with one attached hydrogen (secondary N) is 1. The summed E-state index contributed by atoms with van der Waals surface area (Å²) in [5, 5.41) is 0. The third-order valence-corrected chi connectivity index (χ3v) is 6.34. The highest BCUT2D eigenvalue weighted by Gasteiger charge is 2.27. The lowest BCUT2D eigenvalue weighted by molar-refractivity contribution is 0.0608. The summed E-state index contributed by atoms with van der Waals surface area (Å²) in [4.78, 5) is 18.9. The van der Waals surface area contributed by atoms with Gasteiger partial charge in [0.1, 0.15) is 0 Å². The van der Waals surface area contributed by atoms with E-state index in [4.69, 9.17) is 0 Å². The number of carbonyl (C=O) groups excluding carboxylic acids is 1. The first-order valence-corrected chi connectivity index (χ1v) is 10.8. The van der Waals surface area contributed by atoms with Gasteiger partial charge < -0.3 is 4.90 Å². The molecule has 0 aliphatic carbocycles. The topological polar surface area (TPSA) is 79.4 Å². The fourth-order valence-electron chi connectivity index (χ4n) is 3.42. The molecule has 0 spiro atoms. The van der Waals surface area contributed by atoms with Crippen LogP contribution in [0.2, 0.25) is 0 Å². The molecule has 7 heteroatoms. The van der Waals surface area contributed by atoms with Gasteiger partial charge in [-0.25, -0.2) is 13.1 Å². The Morgan fingerprint density at radius 3 is 2.85 bits per heavy atom. The summed E-state index contributed by atoms with van der Waals surface area (Å²) in [6, 6.07) is 10.1. The van der Waals surface area contributed by atoms with Crippen LogP contribution in [0.25, 0.3) is 0 Å². The molecule has 1 saturated heterocycles. The number of benzene rings is 1. The molecular formula is C20H25N3O3S. The van der Waals surface area contributed by atoms with Gasteiger partial charge in [-0.05, 0) is 55.5 Å². The van der Waals surface area contributed by atoms with Crippen molar-refractivity contribution in [1.29, 1.82) is 0 Å². The maximum atomic E-state index is 12.9. The maximum Gasteiger partial charge on any atom is 0.254 e. The first-order valence-electron chi connectivity index (χ1n) is 9.31. The van der Waals surface area contributed by atoms with E-state index in [0.717, 1.165) is 37.8 Å². The highest BCUT2D eigenvalue weighted by molar-refractivity contribution is 7.89. The number of sulfonamides is 1. The van der Waals surface area contributed by atoms with Gasteiger partial charge in [-0.15, -0.1) is 0 Å². The molecule has 2 aromatic rings. The molecule has 1 N–H and O–H groups in total. The number of hydrogen-bond donors (Lipinski definition) is 1. The average molecular weight is 388 g/mol. The molecule has 1 aliphatic heterocycles. The van der Waals surface area contributed by atoms with Crippen LogP contribution in [0.1, 0.15) is 48.5 Å². The summed E-state index contributed by atoms with van der Waals surface area (Å²) in [5.74, 6) is -0.0918. The van der Waals surface area contributed by atoms with Crippen LogP contribution in [0.15, 0.2) is 53.7 Å². The van der Waals surface area contributed by atoms with Crippen LogP contribution in [-0.4, -0.2) is 36.8 Å². The van der Waals surface area contributed by atoms with Gasteiger partial charge >= 0.3 is 0 Å². The van der Waals surface area contributed by atoms with Crippen molar-refractivity contribution in [3.05, 3.63) is 59.9 Å². The minimum atomic E-state index is -3.71. The number of carbonyl (C=O) groups is 1. The zero-order valence-corrected chi connectivity index (χ0v) is 16.3. The molecule has 1 aromatic carbocycles. The van der Waals surface area contributed by atoms with Crippen LogP contribution in [-0.2, 0) is 16.6 Å². The van der Waals surface area contributed by atoms with Crippen molar-refractivity contribution in [2.45, 2.75) is 50.1 Å². The largest absolute Gasteiger partial charge is 0.336 e. The number of pyridine rings is 1. The zero-order chi connectivity index (χ0) is 19.3. The number of rotatable bonds is 6. The van der Waals surface area contributed by atoms with Crippen molar-refractivity contribution >= 4 is 15.9 Å². The van der Waals surface area contributed by atoms with Crippen molar-refractivity contribution in [1.82, 2.24) is 14.6 Å². The molecule has 1 atom stereocenters. The third-order valence-electron chi connectivity index (χ3n) is 4.94. The van der Waals surface area contributed by atoms with Crippen molar-refractivity contribution in [3.63, 3.8) is 0 Å². The van der Waals surface area contributed by atoms with E-state index in [9.17, 15) is 13.2 Å². The lowest BCUT2D eigenvalue weighted by Gasteiger charge is -2.35. The highest BCUT2D eigenvalue weighted by Crippen LogP contribution is 2.23. The van der Waals surface area contributed by atoms with Crippen LogP contribution in [0.3, 0.4) is 0 Å². The van der Waals surface area contributed by atoms with Gasteiger partial charge in [0.15, 0.2) is 0 Å². The minimum Gasteiger partial charge on any atom is -0.336 e. The molecule has 144 valence electrons. The first-order chi connectivity index (χ1) is 13.0. The van der Waals surface area contributed by atoms with Gasteiger partial charge in [0, 0.05) is 37.1 Å². The molecule has 3 rings (SSSR count). The minimum absolute atomic E-state index is 0.0918. The Morgan fingerprint density at radius 1 is 1.26 bits per heavy atom. The Bertz CT molecular complexity index is 884. The van der Waals surface area contributed by atoms with Crippen LogP contribution in [0, 0.1) is 0 Å². The van der Waals surface area contributed by atoms with E-state index in [1.807, 2.05) is 4.90 Å². The molecule has 1 amide bonds. The summed E-state index contributed by atoms with van der Waals surface area (Å²) in [6.45, 7) is 2.96. The van der Waals surface area contributed by atoms with Gasteiger partial charge in [-0.1, -0.05) is 19.1 Å². The second-order valence-electron chi connectivity index (χ2n) is 6.77. The molecule has 1 aromatic heterocycles. The van der Waals surface area contributed by atoms with E-state index in [0.29, 0.717) is 5.56 Å². The van der Waals surface area contributed by atoms with Crippen molar-refractivity contribution in [2.75, 3.05) is 6.54 Å². The summed E-state index contributed by atoms with van der Waals surface area (Å²) in [5.41, 5.74) is 1.19. The summed E-state index contributed by atoms with van der Waals surface area (Å²) in [6.07, 6.45) is 7.30. The van der Waals surface area contributed by atoms with Crippen molar-refractivity contribution in [2.24, 2.45) is 0 Å². The van der Waals surface area contributed by atoms with E-state index < -0.39 is 10.0 Å². The van der Waals surface area contributed by atoms with Crippen LogP contribution >= 0.6 is 0 Å². The monoisotopic (exact) mass is 387 g/mol. The molecule has 0 saturated carbocycles. The number of likely N-dealkylation sites (tertiary alicyclic amines) is 1. The Morgan fingerprint density at radius 2 is 2.11 bits per heavy atom. The Labute approximate surface area is 160 Å². The fraction of sp³-hybridized carbons (Fsp3) is 0.400.